The average molecular weight is 756 g/mol. The van der Waals surface area contributed by atoms with Crippen LogP contribution >= 0.6 is 0 Å². The molecule has 14 nitrogen and oxygen atoms in total. The zero-order valence-electron chi connectivity index (χ0n) is 30.0. The molecule has 2 fully saturated rings. The van der Waals surface area contributed by atoms with Crippen molar-refractivity contribution >= 4 is 35.6 Å². The highest BCUT2D eigenvalue weighted by molar-refractivity contribution is 6.32. The number of carboxylic acid groups (broad SMARTS) is 1. The normalized spacial score (nSPS) is 27.2. The van der Waals surface area contributed by atoms with E-state index < -0.39 is 72.3 Å². The van der Waals surface area contributed by atoms with E-state index >= 15 is 0 Å². The fourth-order valence-electron chi connectivity index (χ4n) is 8.49. The van der Waals surface area contributed by atoms with Crippen molar-refractivity contribution in [2.75, 3.05) is 18.2 Å². The van der Waals surface area contributed by atoms with Gasteiger partial charge in [-0.15, -0.1) is 0 Å². The molecule has 7 N–H and O–H groups in total. The Morgan fingerprint density at radius 1 is 0.945 bits per heavy atom. The maximum absolute atomic E-state index is 14.3. The second kappa shape index (κ2) is 15.9. The molecule has 290 valence electrons. The smallest absolute Gasteiger partial charge is 0.327 e. The Morgan fingerprint density at radius 3 is 2.40 bits per heavy atom. The molecule has 0 radical (unpaired) electrons. The average Bonchev–Trinajstić information content (AvgIpc) is 3.81. The Morgan fingerprint density at radius 2 is 1.71 bits per heavy atom. The third-order valence-electron chi connectivity index (χ3n) is 11.3. The van der Waals surface area contributed by atoms with Crippen LogP contribution in [0.2, 0.25) is 0 Å². The number of aliphatic hydroxyl groups is 4. The molecule has 4 aliphatic rings. The highest BCUT2D eigenvalue weighted by Crippen LogP contribution is 2.54. The van der Waals surface area contributed by atoms with E-state index in [9.17, 15) is 45.3 Å². The number of carboxylic acids is 1. The molecule has 1 saturated carbocycles. The summed E-state index contributed by atoms with van der Waals surface area (Å²) in [4.78, 5) is 37.3. The number of aliphatic imine (C=N–C) groups is 2. The molecule has 55 heavy (non-hydrogen) atoms. The van der Waals surface area contributed by atoms with Crippen molar-refractivity contribution in [1.29, 1.82) is 0 Å². The number of hydrogen-bond acceptors (Lipinski definition) is 12. The van der Waals surface area contributed by atoms with E-state index in [2.05, 4.69) is 22.1 Å². The van der Waals surface area contributed by atoms with Crippen LogP contribution in [-0.2, 0) is 26.2 Å². The Kier molecular flexibility index (Phi) is 11.1. The first-order chi connectivity index (χ1) is 26.5. The van der Waals surface area contributed by atoms with Crippen molar-refractivity contribution in [3.63, 3.8) is 0 Å². The van der Waals surface area contributed by atoms with Gasteiger partial charge in [-0.05, 0) is 65.6 Å². The quantitative estimate of drug-likeness (QED) is 0.141. The number of aromatic hydroxyl groups is 2. The van der Waals surface area contributed by atoms with Gasteiger partial charge in [0.15, 0.2) is 11.5 Å². The molecule has 0 bridgehead atoms. The first-order valence-corrected chi connectivity index (χ1v) is 18.5. The standard InChI is InChI=1S/C41H45N3O11/c45-21-33-36(49)37(50)38(51)40(55-33)54-32-18-29-27(17-31(32)47)28(19-41(13-5-2-6-14-41)25-7-3-1-4-8-25)35(39(52)53)44(29)34(48)12-10-23-9-11-30(46)24(15-23)16-26-20-42-22-43-26/h1,3-4,7-12,15,17-18,20,28,33,35-38,40,45-47,49-51H,2,5-6,13-14,16,19,21-22H2,(H,52,53)/b12-10-/t28-,33-,35-,36-,37+,38-,40-/m1/s1. The van der Waals surface area contributed by atoms with Crippen molar-refractivity contribution in [2.24, 2.45) is 9.98 Å². The Hall–Kier alpha value is -5.12. The van der Waals surface area contributed by atoms with E-state index in [0.29, 0.717) is 41.9 Å². The predicted molar refractivity (Wildman–Crippen MR) is 202 cm³/mol. The van der Waals surface area contributed by atoms with Crippen LogP contribution in [0, 0.1) is 0 Å². The first kappa shape index (κ1) is 38.2. The molecule has 1 amide bonds. The van der Waals surface area contributed by atoms with Gasteiger partial charge in [0.25, 0.3) is 5.91 Å². The van der Waals surface area contributed by atoms with Crippen molar-refractivity contribution < 1.29 is 54.8 Å². The summed E-state index contributed by atoms with van der Waals surface area (Å²) >= 11 is 0. The summed E-state index contributed by atoms with van der Waals surface area (Å²) in [5, 5.41) is 73.7. The van der Waals surface area contributed by atoms with E-state index in [0.717, 1.165) is 37.7 Å². The lowest BCUT2D eigenvalue weighted by Crippen LogP contribution is -2.60. The third-order valence-corrected chi connectivity index (χ3v) is 11.3. The highest BCUT2D eigenvalue weighted by Gasteiger charge is 2.51. The van der Waals surface area contributed by atoms with Gasteiger partial charge in [-0.1, -0.05) is 55.7 Å². The second-order valence-electron chi connectivity index (χ2n) is 14.7. The molecule has 7 rings (SSSR count). The first-order valence-electron chi connectivity index (χ1n) is 18.5. The second-order valence-corrected chi connectivity index (χ2v) is 14.7. The molecule has 1 aliphatic carbocycles. The minimum atomic E-state index is -1.79. The van der Waals surface area contributed by atoms with Crippen molar-refractivity contribution in [3.8, 4) is 17.2 Å². The molecule has 0 spiro atoms. The number of amides is 1. The SMILES string of the molecule is O=C(O)[C@H]1[C@H](CC2(c3ccccc3)CCCCC2)c2cc(O)c(O[C@@H]3O[C@H](CO)[C@@H](O)[C@H](O)[C@H]3O)cc2N1C(=O)/C=C\c1ccc(O)c(CC2=NCN=C2)c1. The molecule has 14 heteroatoms. The molecule has 3 heterocycles. The Bertz CT molecular complexity index is 1990. The summed E-state index contributed by atoms with van der Waals surface area (Å²) in [5.41, 5.74) is 3.10. The fraction of sp³-hybridized carbons (Fsp3) is 0.415. The molecule has 0 aromatic heterocycles. The van der Waals surface area contributed by atoms with Crippen molar-refractivity contribution in [3.05, 3.63) is 89.0 Å². The molecular formula is C41H45N3O11. The molecule has 0 unspecified atom stereocenters. The van der Waals surface area contributed by atoms with Gasteiger partial charge in [-0.25, -0.2) is 4.79 Å². The number of benzene rings is 3. The zero-order chi connectivity index (χ0) is 38.9. The summed E-state index contributed by atoms with van der Waals surface area (Å²) in [6, 6.07) is 16.1. The lowest BCUT2D eigenvalue weighted by atomic mass is 9.63. The zero-order valence-corrected chi connectivity index (χ0v) is 30.0. The van der Waals surface area contributed by atoms with Crippen LogP contribution < -0.4 is 9.64 Å². The number of nitrogens with zero attached hydrogens (tertiary/aromatic N) is 3. The predicted octanol–water partition coefficient (Wildman–Crippen LogP) is 3.19. The van der Waals surface area contributed by atoms with Crippen LogP contribution in [0.1, 0.15) is 66.7 Å². The van der Waals surface area contributed by atoms with Gasteiger partial charge in [0.2, 0.25) is 6.29 Å². The molecular weight excluding hydrogens is 710 g/mol. The number of carbonyl (C=O) groups excluding carboxylic acids is 1. The van der Waals surface area contributed by atoms with Gasteiger partial charge < -0.3 is 45.2 Å². The van der Waals surface area contributed by atoms with Crippen LogP contribution in [0.15, 0.2) is 76.7 Å². The van der Waals surface area contributed by atoms with Gasteiger partial charge in [0.05, 0.1) is 18.0 Å². The monoisotopic (exact) mass is 755 g/mol. The summed E-state index contributed by atoms with van der Waals surface area (Å²) in [6.45, 7) is -0.376. The molecule has 3 aromatic carbocycles. The number of aliphatic carboxylic acids is 1. The maximum atomic E-state index is 14.3. The van der Waals surface area contributed by atoms with Crippen LogP contribution in [0.3, 0.4) is 0 Å². The van der Waals surface area contributed by atoms with Crippen LogP contribution in [0.5, 0.6) is 17.2 Å². The van der Waals surface area contributed by atoms with Crippen LogP contribution in [0.25, 0.3) is 6.08 Å². The summed E-state index contributed by atoms with van der Waals surface area (Å²) < 4.78 is 11.3. The fourth-order valence-corrected chi connectivity index (χ4v) is 8.49. The van der Waals surface area contributed by atoms with Crippen LogP contribution in [0.4, 0.5) is 5.69 Å². The van der Waals surface area contributed by atoms with E-state index in [1.54, 1.807) is 18.3 Å². The van der Waals surface area contributed by atoms with Gasteiger partial charge in [-0.2, -0.15) is 0 Å². The number of phenols is 2. The lowest BCUT2D eigenvalue weighted by Gasteiger charge is -2.41. The minimum absolute atomic E-state index is 0.0514. The van der Waals surface area contributed by atoms with E-state index in [4.69, 9.17) is 9.47 Å². The van der Waals surface area contributed by atoms with Crippen molar-refractivity contribution in [2.45, 2.75) is 93.0 Å². The summed E-state index contributed by atoms with van der Waals surface area (Å²) in [7, 11) is 0. The number of aliphatic hydroxyl groups excluding tert-OH is 4. The highest BCUT2D eigenvalue weighted by atomic mass is 16.7. The van der Waals surface area contributed by atoms with Gasteiger partial charge >= 0.3 is 5.97 Å². The molecule has 7 atom stereocenters. The Balaban J connectivity index is 1.27. The number of fused-ring (bicyclic) bond motifs is 1. The molecule has 1 saturated heterocycles. The molecule has 3 aromatic rings. The molecule has 3 aliphatic heterocycles. The number of rotatable bonds is 11. The largest absolute Gasteiger partial charge is 0.508 e. The topological polar surface area (TPSA) is 222 Å². The maximum Gasteiger partial charge on any atom is 0.327 e. The van der Waals surface area contributed by atoms with E-state index in [1.165, 1.54) is 35.3 Å². The summed E-state index contributed by atoms with van der Waals surface area (Å²) in [5.74, 6) is -3.34. The van der Waals surface area contributed by atoms with Gasteiger partial charge in [0.1, 0.15) is 42.9 Å². The number of hydrogen-bond donors (Lipinski definition) is 7. The van der Waals surface area contributed by atoms with E-state index in [-0.39, 0.29) is 17.2 Å². The minimum Gasteiger partial charge on any atom is -0.508 e. The summed E-state index contributed by atoms with van der Waals surface area (Å²) in [6.07, 6.45) is 1.59. The Labute approximate surface area is 317 Å². The number of phenolic OH excluding ortho intramolecular Hbond substituents is 2. The number of anilines is 1. The number of ether oxygens (including phenoxy) is 2. The lowest BCUT2D eigenvalue weighted by molar-refractivity contribution is -0.277. The van der Waals surface area contributed by atoms with Crippen molar-refractivity contribution in [1.82, 2.24) is 0 Å². The van der Waals surface area contributed by atoms with Gasteiger partial charge in [0, 0.05) is 36.3 Å². The number of carbonyl (C=O) groups is 2. The third kappa shape index (κ3) is 7.60. The van der Waals surface area contributed by atoms with Gasteiger partial charge in [-0.3, -0.25) is 19.7 Å². The van der Waals surface area contributed by atoms with E-state index in [1.807, 2.05) is 18.2 Å². The van der Waals surface area contributed by atoms with Crippen LogP contribution in [-0.4, -0.2) is 110 Å².